The fourth-order valence-electron chi connectivity index (χ4n) is 2.73. The van der Waals surface area contributed by atoms with Gasteiger partial charge in [-0.2, -0.15) is 4.98 Å². The molecule has 0 amide bonds. The number of fused-ring (bicyclic) bond motifs is 1. The molecule has 5 nitrogen and oxygen atoms in total. The van der Waals surface area contributed by atoms with Crippen LogP contribution in [0.2, 0.25) is 0 Å². The quantitative estimate of drug-likeness (QED) is 0.727. The second-order valence-electron chi connectivity index (χ2n) is 5.69. The van der Waals surface area contributed by atoms with Gasteiger partial charge in [-0.05, 0) is 24.3 Å². The van der Waals surface area contributed by atoms with Gasteiger partial charge in [0.25, 0.3) is 0 Å². The van der Waals surface area contributed by atoms with E-state index in [-0.39, 0.29) is 6.10 Å². The summed E-state index contributed by atoms with van der Waals surface area (Å²) in [5.74, 6) is 1.53. The standard InChI is InChI=1S/C19H18N2O3/c1-2-5-14(6-3-1)24-19-20-13-16-17(21-19)7-4-8-18(16)23-15-9-11-22-12-10-15/h1-8,13,15H,9-12H2. The van der Waals surface area contributed by atoms with Crippen molar-refractivity contribution in [3.8, 4) is 17.5 Å². The van der Waals surface area contributed by atoms with Crippen molar-refractivity contribution < 1.29 is 14.2 Å². The molecular weight excluding hydrogens is 304 g/mol. The molecule has 4 rings (SSSR count). The van der Waals surface area contributed by atoms with Crippen molar-refractivity contribution in [2.24, 2.45) is 0 Å². The summed E-state index contributed by atoms with van der Waals surface area (Å²) in [5.41, 5.74) is 0.806. The Morgan fingerprint density at radius 3 is 2.62 bits per heavy atom. The van der Waals surface area contributed by atoms with E-state index in [9.17, 15) is 0 Å². The summed E-state index contributed by atoms with van der Waals surface area (Å²) in [5, 5.41) is 0.893. The third-order valence-electron chi connectivity index (χ3n) is 3.98. The molecule has 2 aromatic carbocycles. The Morgan fingerprint density at radius 2 is 1.79 bits per heavy atom. The second kappa shape index (κ2) is 6.84. The van der Waals surface area contributed by atoms with E-state index in [4.69, 9.17) is 14.2 Å². The monoisotopic (exact) mass is 322 g/mol. The lowest BCUT2D eigenvalue weighted by Crippen LogP contribution is -2.25. The number of aromatic nitrogens is 2. The Morgan fingerprint density at radius 1 is 0.958 bits per heavy atom. The number of para-hydroxylation sites is 1. The van der Waals surface area contributed by atoms with Crippen molar-refractivity contribution in [3.63, 3.8) is 0 Å². The fourth-order valence-corrected chi connectivity index (χ4v) is 2.73. The molecule has 1 fully saturated rings. The Kier molecular flexibility index (Phi) is 4.25. The van der Waals surface area contributed by atoms with Gasteiger partial charge >= 0.3 is 6.01 Å². The third-order valence-corrected chi connectivity index (χ3v) is 3.98. The van der Waals surface area contributed by atoms with E-state index in [1.165, 1.54) is 0 Å². The van der Waals surface area contributed by atoms with Crippen molar-refractivity contribution in [1.82, 2.24) is 9.97 Å². The minimum Gasteiger partial charge on any atom is -0.489 e. The predicted octanol–water partition coefficient (Wildman–Crippen LogP) is 3.98. The SMILES string of the molecule is c1ccc(Oc2ncc3c(OC4CCOCC4)cccc3n2)cc1. The zero-order chi connectivity index (χ0) is 16.2. The van der Waals surface area contributed by atoms with Crippen LogP contribution in [0.1, 0.15) is 12.8 Å². The third kappa shape index (κ3) is 3.31. The van der Waals surface area contributed by atoms with Gasteiger partial charge < -0.3 is 14.2 Å². The van der Waals surface area contributed by atoms with Gasteiger partial charge in [-0.3, -0.25) is 0 Å². The van der Waals surface area contributed by atoms with E-state index >= 15 is 0 Å². The average Bonchev–Trinajstić information content (AvgIpc) is 2.63. The normalized spacial score (nSPS) is 15.3. The van der Waals surface area contributed by atoms with Crippen LogP contribution in [0.25, 0.3) is 10.9 Å². The number of hydrogen-bond donors (Lipinski definition) is 0. The predicted molar refractivity (Wildman–Crippen MR) is 90.5 cm³/mol. The minimum absolute atomic E-state index is 0.185. The molecule has 1 aromatic heterocycles. The molecule has 0 bridgehead atoms. The van der Waals surface area contributed by atoms with Crippen LogP contribution in [0.4, 0.5) is 0 Å². The topological polar surface area (TPSA) is 53.5 Å². The van der Waals surface area contributed by atoms with Gasteiger partial charge in [0.15, 0.2) is 0 Å². The minimum atomic E-state index is 0.185. The molecule has 0 saturated carbocycles. The molecule has 3 aromatic rings. The maximum Gasteiger partial charge on any atom is 0.322 e. The summed E-state index contributed by atoms with van der Waals surface area (Å²) >= 11 is 0. The van der Waals surface area contributed by atoms with Crippen molar-refractivity contribution in [2.75, 3.05) is 13.2 Å². The first kappa shape index (κ1) is 14.9. The van der Waals surface area contributed by atoms with Crippen LogP contribution in [0.15, 0.2) is 54.7 Å². The molecule has 0 spiro atoms. The lowest BCUT2D eigenvalue weighted by molar-refractivity contribution is 0.0262. The summed E-state index contributed by atoms with van der Waals surface area (Å²) in [6.45, 7) is 1.50. The van der Waals surface area contributed by atoms with Gasteiger partial charge in [0.2, 0.25) is 0 Å². The van der Waals surface area contributed by atoms with Crippen LogP contribution in [0.5, 0.6) is 17.5 Å². The Bertz CT molecular complexity index is 817. The number of hydrogen-bond acceptors (Lipinski definition) is 5. The van der Waals surface area contributed by atoms with Crippen molar-refractivity contribution in [3.05, 3.63) is 54.7 Å². The van der Waals surface area contributed by atoms with Gasteiger partial charge in [-0.1, -0.05) is 24.3 Å². The highest BCUT2D eigenvalue weighted by atomic mass is 16.5. The van der Waals surface area contributed by atoms with Gasteiger partial charge in [0.05, 0.1) is 24.1 Å². The van der Waals surface area contributed by atoms with Gasteiger partial charge in [-0.25, -0.2) is 4.98 Å². The summed E-state index contributed by atoms with van der Waals surface area (Å²) < 4.78 is 17.2. The lowest BCUT2D eigenvalue weighted by Gasteiger charge is -2.23. The first-order valence-corrected chi connectivity index (χ1v) is 8.11. The van der Waals surface area contributed by atoms with Crippen molar-refractivity contribution >= 4 is 10.9 Å². The summed E-state index contributed by atoms with van der Waals surface area (Å²) in [4.78, 5) is 8.80. The number of nitrogens with zero attached hydrogens (tertiary/aromatic N) is 2. The van der Waals surface area contributed by atoms with E-state index in [0.29, 0.717) is 11.8 Å². The van der Waals surface area contributed by atoms with Crippen LogP contribution in [-0.2, 0) is 4.74 Å². The van der Waals surface area contributed by atoms with Gasteiger partial charge in [0, 0.05) is 19.0 Å². The first-order chi connectivity index (χ1) is 11.9. The molecule has 1 aliphatic rings. The van der Waals surface area contributed by atoms with Gasteiger partial charge in [-0.15, -0.1) is 0 Å². The van der Waals surface area contributed by atoms with E-state index in [1.54, 1.807) is 6.20 Å². The zero-order valence-corrected chi connectivity index (χ0v) is 13.2. The molecule has 0 N–H and O–H groups in total. The fraction of sp³-hybridized carbons (Fsp3) is 0.263. The van der Waals surface area contributed by atoms with Crippen molar-refractivity contribution in [2.45, 2.75) is 18.9 Å². The molecule has 5 heteroatoms. The molecule has 0 radical (unpaired) electrons. The molecule has 24 heavy (non-hydrogen) atoms. The van der Waals surface area contributed by atoms with Crippen molar-refractivity contribution in [1.29, 1.82) is 0 Å². The van der Waals surface area contributed by atoms with Crippen LogP contribution in [0, 0.1) is 0 Å². The molecule has 0 aliphatic carbocycles. The summed E-state index contributed by atoms with van der Waals surface area (Å²) in [7, 11) is 0. The molecule has 2 heterocycles. The maximum atomic E-state index is 6.13. The largest absolute Gasteiger partial charge is 0.489 e. The van der Waals surface area contributed by atoms with Gasteiger partial charge in [0.1, 0.15) is 17.6 Å². The Hall–Kier alpha value is -2.66. The number of ether oxygens (including phenoxy) is 3. The highest BCUT2D eigenvalue weighted by Gasteiger charge is 2.17. The van der Waals surface area contributed by atoms with Crippen LogP contribution < -0.4 is 9.47 Å². The van der Waals surface area contributed by atoms with Crippen LogP contribution in [-0.4, -0.2) is 29.3 Å². The Labute approximate surface area is 140 Å². The summed E-state index contributed by atoms with van der Waals surface area (Å²) in [6, 6.07) is 15.7. The highest BCUT2D eigenvalue weighted by molar-refractivity contribution is 5.84. The average molecular weight is 322 g/mol. The highest BCUT2D eigenvalue weighted by Crippen LogP contribution is 2.28. The first-order valence-electron chi connectivity index (χ1n) is 8.11. The van der Waals surface area contributed by atoms with E-state index in [2.05, 4.69) is 9.97 Å². The van der Waals surface area contributed by atoms with E-state index < -0.39 is 0 Å². The Balaban J connectivity index is 1.58. The smallest absolute Gasteiger partial charge is 0.322 e. The molecule has 0 atom stereocenters. The zero-order valence-electron chi connectivity index (χ0n) is 13.2. The second-order valence-corrected chi connectivity index (χ2v) is 5.69. The van der Waals surface area contributed by atoms with E-state index in [0.717, 1.165) is 42.7 Å². The molecule has 1 saturated heterocycles. The molecule has 122 valence electrons. The van der Waals surface area contributed by atoms with E-state index in [1.807, 2.05) is 48.5 Å². The van der Waals surface area contributed by atoms with Crippen LogP contribution in [0.3, 0.4) is 0 Å². The van der Waals surface area contributed by atoms with Crippen LogP contribution >= 0.6 is 0 Å². The molecule has 0 unspecified atom stereocenters. The summed E-state index contributed by atoms with van der Waals surface area (Å²) in [6.07, 6.45) is 3.76. The maximum absolute atomic E-state index is 6.13. The lowest BCUT2D eigenvalue weighted by atomic mass is 10.1. The molecule has 1 aliphatic heterocycles. The number of benzene rings is 2. The number of rotatable bonds is 4. The molecular formula is C19H18N2O3.